The molecule has 0 spiro atoms. The normalized spacial score (nSPS) is 11.7. The average molecular weight is 550 g/mol. The predicted molar refractivity (Wildman–Crippen MR) is 150 cm³/mol. The Kier molecular flexibility index (Phi) is 8.41. The van der Waals surface area contributed by atoms with E-state index in [1.165, 1.54) is 10.8 Å². The highest BCUT2D eigenvalue weighted by Gasteiger charge is 2.22. The van der Waals surface area contributed by atoms with Crippen molar-refractivity contribution in [3.8, 4) is 11.5 Å². The van der Waals surface area contributed by atoms with Gasteiger partial charge in [-0.3, -0.25) is 9.59 Å². The molecule has 9 nitrogen and oxygen atoms in total. The Balaban J connectivity index is 1.62. The van der Waals surface area contributed by atoms with Gasteiger partial charge in [-0.15, -0.1) is 0 Å². The number of benzene rings is 3. The number of halogens is 1. The van der Waals surface area contributed by atoms with E-state index in [1.807, 2.05) is 37.3 Å². The molecule has 0 saturated carbocycles. The van der Waals surface area contributed by atoms with E-state index in [2.05, 4.69) is 10.6 Å². The molecule has 0 aliphatic rings. The molecule has 39 heavy (non-hydrogen) atoms. The molecule has 1 heterocycles. The third kappa shape index (κ3) is 6.32. The van der Waals surface area contributed by atoms with Crippen molar-refractivity contribution in [1.29, 1.82) is 0 Å². The molecule has 2 amide bonds. The minimum atomic E-state index is -1.11. The van der Waals surface area contributed by atoms with Crippen molar-refractivity contribution in [3.63, 3.8) is 0 Å². The highest BCUT2D eigenvalue weighted by molar-refractivity contribution is 6.31. The Labute approximate surface area is 229 Å². The van der Waals surface area contributed by atoms with E-state index in [0.717, 1.165) is 10.8 Å². The summed E-state index contributed by atoms with van der Waals surface area (Å²) in [5.74, 6) is -0.989. The number of ether oxygens (including phenoxy) is 1. The number of carbonyl (C=O) groups excluding carboxylic acids is 1. The Bertz CT molecular complexity index is 1600. The fraction of sp³-hybridized carbons (Fsp3) is 0.207. The molecule has 0 aliphatic carbocycles. The molecule has 0 fully saturated rings. The quantitative estimate of drug-likeness (QED) is 0.219. The maximum absolute atomic E-state index is 13.3. The van der Waals surface area contributed by atoms with Crippen LogP contribution >= 0.6 is 11.6 Å². The summed E-state index contributed by atoms with van der Waals surface area (Å²) < 4.78 is 6.96. The first kappa shape index (κ1) is 27.5. The zero-order chi connectivity index (χ0) is 28.1. The molecular formula is C29H28ClN3O6. The van der Waals surface area contributed by atoms with E-state index < -0.39 is 29.4 Å². The van der Waals surface area contributed by atoms with Crippen molar-refractivity contribution in [1.82, 2.24) is 9.88 Å². The first-order valence-corrected chi connectivity index (χ1v) is 12.7. The summed E-state index contributed by atoms with van der Waals surface area (Å²) >= 11 is 6.38. The van der Waals surface area contributed by atoms with Gasteiger partial charge >= 0.3 is 12.0 Å². The molecule has 1 unspecified atom stereocenters. The average Bonchev–Trinajstić information content (AvgIpc) is 2.90. The highest BCUT2D eigenvalue weighted by atomic mass is 35.5. The van der Waals surface area contributed by atoms with Gasteiger partial charge in [-0.05, 0) is 48.4 Å². The Morgan fingerprint density at radius 2 is 1.82 bits per heavy atom. The maximum Gasteiger partial charge on any atom is 0.319 e. The fourth-order valence-electron chi connectivity index (χ4n) is 4.34. The van der Waals surface area contributed by atoms with Gasteiger partial charge in [0, 0.05) is 22.3 Å². The molecule has 1 atom stereocenters. The molecule has 0 saturated heterocycles. The standard InChI is InChI=1S/C29H28ClN3O6/c1-3-39-24-10-6-9-22(30)21(24)16-33-15-17(2)27(36)26(28(33)37)32-29(38)31-23(14-25(34)35)20-12-11-18-7-4-5-8-19(18)13-20/h4-13,15,23,36H,3,14,16H2,1-2H3,(H,34,35)(H2,31,32,38). The number of urea groups is 1. The molecule has 4 N–H and O–H groups in total. The van der Waals surface area contributed by atoms with Crippen LogP contribution in [0.25, 0.3) is 10.8 Å². The van der Waals surface area contributed by atoms with Gasteiger partial charge in [0.25, 0.3) is 5.56 Å². The van der Waals surface area contributed by atoms with Crippen LogP contribution in [0.1, 0.15) is 36.1 Å². The number of hydrogen-bond donors (Lipinski definition) is 4. The largest absolute Gasteiger partial charge is 0.505 e. The number of anilines is 1. The van der Waals surface area contributed by atoms with Crippen molar-refractivity contribution < 1.29 is 24.5 Å². The van der Waals surface area contributed by atoms with E-state index in [4.69, 9.17) is 16.3 Å². The molecule has 1 aromatic heterocycles. The second-order valence-electron chi connectivity index (χ2n) is 8.97. The minimum Gasteiger partial charge on any atom is -0.505 e. The van der Waals surface area contributed by atoms with Gasteiger partial charge < -0.3 is 30.2 Å². The van der Waals surface area contributed by atoms with Crippen LogP contribution in [0.5, 0.6) is 11.5 Å². The van der Waals surface area contributed by atoms with Crippen LogP contribution in [0.2, 0.25) is 5.02 Å². The number of rotatable bonds is 9. The molecular weight excluding hydrogens is 522 g/mol. The smallest absolute Gasteiger partial charge is 0.319 e. The van der Waals surface area contributed by atoms with Gasteiger partial charge in [-0.1, -0.05) is 54.1 Å². The number of aromatic hydroxyl groups is 1. The van der Waals surface area contributed by atoms with E-state index in [9.17, 15) is 24.6 Å². The van der Waals surface area contributed by atoms with E-state index >= 15 is 0 Å². The van der Waals surface area contributed by atoms with Crippen molar-refractivity contribution in [2.45, 2.75) is 32.9 Å². The lowest BCUT2D eigenvalue weighted by atomic mass is 10.00. The van der Waals surface area contributed by atoms with Gasteiger partial charge in [0.2, 0.25) is 0 Å². The van der Waals surface area contributed by atoms with Crippen LogP contribution in [0.4, 0.5) is 10.5 Å². The number of aromatic nitrogens is 1. The van der Waals surface area contributed by atoms with E-state index in [-0.39, 0.29) is 18.7 Å². The molecule has 10 heteroatoms. The van der Waals surface area contributed by atoms with Crippen LogP contribution in [-0.4, -0.2) is 33.4 Å². The van der Waals surface area contributed by atoms with Gasteiger partial charge in [0.1, 0.15) is 11.5 Å². The number of nitrogens with zero attached hydrogens (tertiary/aromatic N) is 1. The van der Waals surface area contributed by atoms with Crippen LogP contribution in [0.15, 0.2) is 71.7 Å². The zero-order valence-electron chi connectivity index (χ0n) is 21.4. The molecule has 0 aliphatic heterocycles. The first-order chi connectivity index (χ1) is 18.7. The Morgan fingerprint density at radius 3 is 2.54 bits per heavy atom. The summed E-state index contributed by atoms with van der Waals surface area (Å²) in [7, 11) is 0. The lowest BCUT2D eigenvalue weighted by Gasteiger charge is -2.20. The van der Waals surface area contributed by atoms with Crippen LogP contribution in [0, 0.1) is 6.92 Å². The molecule has 3 aromatic carbocycles. The van der Waals surface area contributed by atoms with Crippen molar-refractivity contribution in [2.75, 3.05) is 11.9 Å². The van der Waals surface area contributed by atoms with Crippen molar-refractivity contribution in [2.24, 2.45) is 0 Å². The topological polar surface area (TPSA) is 130 Å². The molecule has 0 radical (unpaired) electrons. The van der Waals surface area contributed by atoms with Gasteiger partial charge in [-0.2, -0.15) is 0 Å². The molecule has 202 valence electrons. The highest BCUT2D eigenvalue weighted by Crippen LogP contribution is 2.29. The number of hydrogen-bond acceptors (Lipinski definition) is 5. The van der Waals surface area contributed by atoms with Crippen molar-refractivity contribution in [3.05, 3.63) is 98.9 Å². The van der Waals surface area contributed by atoms with Gasteiger partial charge in [-0.25, -0.2) is 4.79 Å². The second kappa shape index (κ2) is 11.9. The van der Waals surface area contributed by atoms with Crippen LogP contribution < -0.4 is 20.9 Å². The summed E-state index contributed by atoms with van der Waals surface area (Å²) in [5, 5.41) is 27.4. The summed E-state index contributed by atoms with van der Waals surface area (Å²) in [6.45, 7) is 3.85. The first-order valence-electron chi connectivity index (χ1n) is 12.3. The Morgan fingerprint density at radius 1 is 1.08 bits per heavy atom. The number of carbonyl (C=O) groups is 2. The summed E-state index contributed by atoms with van der Waals surface area (Å²) in [6.07, 6.45) is 1.07. The lowest BCUT2D eigenvalue weighted by Crippen LogP contribution is -2.36. The number of aryl methyl sites for hydroxylation is 1. The predicted octanol–water partition coefficient (Wildman–Crippen LogP) is 5.45. The maximum atomic E-state index is 13.3. The summed E-state index contributed by atoms with van der Waals surface area (Å²) in [5.41, 5.74) is 0.480. The van der Waals surface area contributed by atoms with Gasteiger partial charge in [0.15, 0.2) is 5.69 Å². The van der Waals surface area contributed by atoms with Crippen LogP contribution in [-0.2, 0) is 11.3 Å². The van der Waals surface area contributed by atoms with Crippen molar-refractivity contribution >= 4 is 40.1 Å². The number of carboxylic acids is 1. The summed E-state index contributed by atoms with van der Waals surface area (Å²) in [6, 6.07) is 16.4. The molecule has 4 aromatic rings. The Hall–Kier alpha value is -4.50. The number of fused-ring (bicyclic) bond motifs is 1. The number of nitrogens with one attached hydrogen (secondary N) is 2. The number of carboxylic acid groups (broad SMARTS) is 1. The lowest BCUT2D eigenvalue weighted by molar-refractivity contribution is -0.137. The fourth-order valence-corrected chi connectivity index (χ4v) is 4.56. The summed E-state index contributed by atoms with van der Waals surface area (Å²) in [4.78, 5) is 37.9. The second-order valence-corrected chi connectivity index (χ2v) is 9.38. The van der Waals surface area contributed by atoms with Gasteiger partial charge in [0.05, 0.1) is 25.6 Å². The van der Waals surface area contributed by atoms with E-state index in [1.54, 1.807) is 37.3 Å². The molecule has 0 bridgehead atoms. The third-order valence-electron chi connectivity index (χ3n) is 6.24. The number of pyridine rings is 1. The monoisotopic (exact) mass is 549 g/mol. The minimum absolute atomic E-state index is 0.0317. The third-order valence-corrected chi connectivity index (χ3v) is 6.59. The van der Waals surface area contributed by atoms with Crippen LogP contribution in [0.3, 0.4) is 0 Å². The van der Waals surface area contributed by atoms with E-state index in [0.29, 0.717) is 34.1 Å². The molecule has 4 rings (SSSR count). The zero-order valence-corrected chi connectivity index (χ0v) is 22.2. The number of aliphatic carboxylic acids is 1. The number of amides is 2. The SMILES string of the molecule is CCOc1cccc(Cl)c1Cn1cc(C)c(O)c(NC(=O)NC(CC(=O)O)c2ccc3ccccc3c2)c1=O.